The highest BCUT2D eigenvalue weighted by Crippen LogP contribution is 2.32. The van der Waals surface area contributed by atoms with Crippen LogP contribution in [0.5, 0.6) is 0 Å². The summed E-state index contributed by atoms with van der Waals surface area (Å²) >= 11 is 0. The Kier molecular flexibility index (Phi) is 6.91. The summed E-state index contributed by atoms with van der Waals surface area (Å²) in [6.45, 7) is 4.61. The lowest BCUT2D eigenvalue weighted by atomic mass is 9.92. The minimum Gasteiger partial charge on any atom is -0.334 e. The molecule has 3 rings (SSSR count). The topological polar surface area (TPSA) is 66.5 Å². The van der Waals surface area contributed by atoms with E-state index in [0.717, 1.165) is 18.4 Å². The number of carbonyl (C=O) groups is 1. The van der Waals surface area contributed by atoms with Crippen LogP contribution in [0.25, 0.3) is 11.1 Å². The Morgan fingerprint density at radius 3 is 2.27 bits per heavy atom. The fourth-order valence-corrected chi connectivity index (χ4v) is 4.87. The van der Waals surface area contributed by atoms with Crippen LogP contribution < -0.4 is 4.72 Å². The summed E-state index contributed by atoms with van der Waals surface area (Å²) in [6.07, 6.45) is -1.02. The Labute approximate surface area is 190 Å². The normalized spacial score (nSPS) is 21.5. The van der Waals surface area contributed by atoms with E-state index in [2.05, 4.69) is 4.72 Å². The van der Waals surface area contributed by atoms with Gasteiger partial charge < -0.3 is 4.90 Å². The van der Waals surface area contributed by atoms with Crippen molar-refractivity contribution in [2.24, 2.45) is 5.41 Å². The standard InChI is InChI=1S/C23H26F4N2O3S/c1-23(2,3)22(30)29-12-18(26)21(28-33(4,31)32)19(29)10-13-6-5-7-17(20(13)27)14-8-15(24)11-16(25)9-14/h5-9,11,18-19,21,28H,10,12H2,1-4H3/t18-,19-,21-/m0/s1. The number of likely N-dealkylation sites (tertiary alicyclic amines) is 1. The van der Waals surface area contributed by atoms with Gasteiger partial charge in [-0.25, -0.2) is 30.7 Å². The second-order valence-electron chi connectivity index (χ2n) is 9.35. The van der Waals surface area contributed by atoms with E-state index in [1.165, 1.54) is 23.1 Å². The highest BCUT2D eigenvalue weighted by Gasteiger charge is 2.47. The molecule has 2 aromatic rings. The minimum atomic E-state index is -3.83. The van der Waals surface area contributed by atoms with Gasteiger partial charge >= 0.3 is 0 Å². The van der Waals surface area contributed by atoms with Crippen LogP contribution in [0.2, 0.25) is 0 Å². The van der Waals surface area contributed by atoms with Crippen molar-refractivity contribution in [3.8, 4) is 11.1 Å². The van der Waals surface area contributed by atoms with Gasteiger partial charge in [-0.2, -0.15) is 0 Å². The molecule has 0 aliphatic carbocycles. The van der Waals surface area contributed by atoms with E-state index >= 15 is 4.39 Å². The van der Waals surface area contributed by atoms with Crippen molar-refractivity contribution in [1.82, 2.24) is 9.62 Å². The molecular weight excluding hydrogens is 460 g/mol. The van der Waals surface area contributed by atoms with Gasteiger partial charge in [0.05, 0.1) is 24.9 Å². The molecule has 0 bridgehead atoms. The molecule has 0 spiro atoms. The number of hydrogen-bond donors (Lipinski definition) is 1. The zero-order valence-electron chi connectivity index (χ0n) is 18.7. The van der Waals surface area contributed by atoms with Gasteiger partial charge in [-0.3, -0.25) is 4.79 Å². The van der Waals surface area contributed by atoms with E-state index in [-0.39, 0.29) is 29.7 Å². The monoisotopic (exact) mass is 486 g/mol. The molecule has 5 nitrogen and oxygen atoms in total. The number of halogens is 4. The number of nitrogens with one attached hydrogen (secondary N) is 1. The zero-order valence-corrected chi connectivity index (χ0v) is 19.5. The smallest absolute Gasteiger partial charge is 0.228 e. The van der Waals surface area contributed by atoms with Gasteiger partial charge in [0.25, 0.3) is 0 Å². The third-order valence-corrected chi connectivity index (χ3v) is 6.21. The number of rotatable bonds is 5. The van der Waals surface area contributed by atoms with Gasteiger partial charge in [-0.05, 0) is 29.7 Å². The lowest BCUT2D eigenvalue weighted by molar-refractivity contribution is -0.140. The van der Waals surface area contributed by atoms with Crippen LogP contribution in [0.15, 0.2) is 36.4 Å². The second kappa shape index (κ2) is 9.06. The molecule has 1 fully saturated rings. The molecular formula is C23H26F4N2O3S. The highest BCUT2D eigenvalue weighted by atomic mass is 32.2. The minimum absolute atomic E-state index is 0.0184. The second-order valence-corrected chi connectivity index (χ2v) is 11.1. The Morgan fingerprint density at radius 1 is 1.12 bits per heavy atom. The number of hydrogen-bond acceptors (Lipinski definition) is 3. The average molecular weight is 487 g/mol. The van der Waals surface area contributed by atoms with Gasteiger partial charge in [0.15, 0.2) is 0 Å². The molecule has 10 heteroatoms. The van der Waals surface area contributed by atoms with Gasteiger partial charge in [-0.15, -0.1) is 0 Å². The predicted molar refractivity (Wildman–Crippen MR) is 117 cm³/mol. The summed E-state index contributed by atoms with van der Waals surface area (Å²) in [5, 5.41) is 0. The molecule has 0 radical (unpaired) electrons. The molecule has 1 aliphatic heterocycles. The molecule has 3 atom stereocenters. The molecule has 33 heavy (non-hydrogen) atoms. The summed E-state index contributed by atoms with van der Waals surface area (Å²) in [4.78, 5) is 14.2. The molecule has 180 valence electrons. The summed E-state index contributed by atoms with van der Waals surface area (Å²) in [7, 11) is -3.83. The molecule has 1 heterocycles. The Balaban J connectivity index is 2.04. The van der Waals surface area contributed by atoms with Crippen LogP contribution in [0.3, 0.4) is 0 Å². The summed E-state index contributed by atoms with van der Waals surface area (Å²) in [5.74, 6) is -2.93. The third kappa shape index (κ3) is 5.73. The van der Waals surface area contributed by atoms with E-state index < -0.39 is 57.1 Å². The van der Waals surface area contributed by atoms with Crippen LogP contribution in [-0.4, -0.2) is 50.3 Å². The molecule has 0 unspecified atom stereocenters. The van der Waals surface area contributed by atoms with Crippen LogP contribution in [0.4, 0.5) is 17.6 Å². The molecule has 2 aromatic carbocycles. The SMILES string of the molecule is CC(C)(C)C(=O)N1C[C@H](F)[C@H](NS(C)(=O)=O)[C@@H]1Cc1cccc(-c2cc(F)cc(F)c2)c1F. The van der Waals surface area contributed by atoms with Crippen LogP contribution in [0, 0.1) is 22.9 Å². The Hall–Kier alpha value is -2.46. The summed E-state index contributed by atoms with van der Waals surface area (Å²) in [6, 6.07) is 4.61. The first-order valence-corrected chi connectivity index (χ1v) is 12.2. The zero-order chi connectivity index (χ0) is 24.7. The molecule has 1 amide bonds. The van der Waals surface area contributed by atoms with Crippen LogP contribution in [-0.2, 0) is 21.2 Å². The number of amides is 1. The molecule has 1 saturated heterocycles. The maximum absolute atomic E-state index is 15.4. The average Bonchev–Trinajstić information content (AvgIpc) is 2.95. The van der Waals surface area contributed by atoms with Gasteiger partial charge in [0, 0.05) is 17.0 Å². The summed E-state index contributed by atoms with van der Waals surface area (Å²) in [5.41, 5.74) is -0.905. The fourth-order valence-electron chi connectivity index (χ4n) is 4.07. The van der Waals surface area contributed by atoms with E-state index in [9.17, 15) is 26.4 Å². The lowest BCUT2D eigenvalue weighted by Gasteiger charge is -2.33. The molecule has 1 aliphatic rings. The van der Waals surface area contributed by atoms with E-state index in [4.69, 9.17) is 0 Å². The maximum atomic E-state index is 15.4. The van der Waals surface area contributed by atoms with Crippen molar-refractivity contribution in [3.05, 3.63) is 59.4 Å². The number of sulfonamides is 1. The molecule has 0 aromatic heterocycles. The number of benzene rings is 2. The van der Waals surface area contributed by atoms with Gasteiger partial charge in [0.2, 0.25) is 15.9 Å². The van der Waals surface area contributed by atoms with E-state index in [1.807, 2.05) is 0 Å². The Bertz CT molecular complexity index is 1140. The predicted octanol–water partition coefficient (Wildman–Crippen LogP) is 3.83. The van der Waals surface area contributed by atoms with Crippen LogP contribution >= 0.6 is 0 Å². The van der Waals surface area contributed by atoms with Crippen molar-refractivity contribution in [2.45, 2.75) is 45.4 Å². The number of nitrogens with zero attached hydrogens (tertiary/aromatic N) is 1. The largest absolute Gasteiger partial charge is 0.334 e. The van der Waals surface area contributed by atoms with E-state index in [1.54, 1.807) is 20.8 Å². The van der Waals surface area contributed by atoms with Crippen molar-refractivity contribution in [2.75, 3.05) is 12.8 Å². The molecule has 0 saturated carbocycles. The first-order valence-electron chi connectivity index (χ1n) is 10.3. The van der Waals surface area contributed by atoms with Gasteiger partial charge in [0.1, 0.15) is 23.6 Å². The van der Waals surface area contributed by atoms with E-state index in [0.29, 0.717) is 6.07 Å². The van der Waals surface area contributed by atoms with Crippen molar-refractivity contribution >= 4 is 15.9 Å². The first kappa shape index (κ1) is 25.2. The maximum Gasteiger partial charge on any atom is 0.228 e. The summed E-state index contributed by atoms with van der Waals surface area (Å²) < 4.78 is 83.6. The highest BCUT2D eigenvalue weighted by molar-refractivity contribution is 7.88. The van der Waals surface area contributed by atoms with Crippen LogP contribution in [0.1, 0.15) is 26.3 Å². The van der Waals surface area contributed by atoms with Gasteiger partial charge in [-0.1, -0.05) is 39.0 Å². The first-order chi connectivity index (χ1) is 15.2. The van der Waals surface area contributed by atoms with Crippen molar-refractivity contribution < 1.29 is 30.8 Å². The number of carbonyl (C=O) groups excluding carboxylic acids is 1. The Morgan fingerprint density at radius 2 is 1.73 bits per heavy atom. The molecule has 1 N–H and O–H groups in total. The third-order valence-electron chi connectivity index (χ3n) is 5.51. The fraction of sp³-hybridized carbons (Fsp3) is 0.435. The van der Waals surface area contributed by atoms with Crippen molar-refractivity contribution in [3.63, 3.8) is 0 Å². The van der Waals surface area contributed by atoms with Crippen molar-refractivity contribution in [1.29, 1.82) is 0 Å². The quantitative estimate of drug-likeness (QED) is 0.654. The number of alkyl halides is 1. The lowest BCUT2D eigenvalue weighted by Crippen LogP contribution is -2.51.